The summed E-state index contributed by atoms with van der Waals surface area (Å²) in [4.78, 5) is 8.08. The molecule has 4 heteroatoms. The first-order valence-electron chi connectivity index (χ1n) is 10.1. The van der Waals surface area contributed by atoms with Crippen LogP contribution in [0.3, 0.4) is 0 Å². The number of allylic oxidation sites excluding steroid dienone is 2. The van der Waals surface area contributed by atoms with E-state index in [-0.39, 0.29) is 5.41 Å². The van der Waals surface area contributed by atoms with Gasteiger partial charge in [-0.1, -0.05) is 48.8 Å². The van der Waals surface area contributed by atoms with Crippen LogP contribution >= 0.6 is 11.6 Å². The van der Waals surface area contributed by atoms with Gasteiger partial charge >= 0.3 is 0 Å². The van der Waals surface area contributed by atoms with Gasteiger partial charge in [0.15, 0.2) is 0 Å². The molecule has 1 aliphatic carbocycles. The number of nitrogens with zero attached hydrogens (tertiary/aromatic N) is 2. The van der Waals surface area contributed by atoms with Gasteiger partial charge in [0.2, 0.25) is 0 Å². The number of hydrogen-bond donors (Lipinski definition) is 0. The van der Waals surface area contributed by atoms with Crippen LogP contribution in [0.2, 0.25) is 5.02 Å². The highest BCUT2D eigenvalue weighted by Gasteiger charge is 2.31. The van der Waals surface area contributed by atoms with Crippen molar-refractivity contribution in [1.29, 1.82) is 0 Å². The van der Waals surface area contributed by atoms with Gasteiger partial charge in [-0.2, -0.15) is 0 Å². The lowest BCUT2D eigenvalue weighted by Gasteiger charge is -2.35. The van der Waals surface area contributed by atoms with Crippen LogP contribution in [0.15, 0.2) is 41.6 Å². The normalized spacial score (nSPS) is 20.8. The lowest BCUT2D eigenvalue weighted by molar-refractivity contribution is 0.0821. The number of rotatable bonds is 8. The molecule has 2 rings (SSSR count). The number of hydrogen-bond acceptors (Lipinski definition) is 3. The summed E-state index contributed by atoms with van der Waals surface area (Å²) in [5.41, 5.74) is 2.50. The van der Waals surface area contributed by atoms with Crippen molar-refractivity contribution in [2.75, 3.05) is 13.2 Å². The molecule has 0 N–H and O–H groups in total. The zero-order valence-electron chi connectivity index (χ0n) is 17.7. The maximum atomic E-state index is 6.02. The van der Waals surface area contributed by atoms with Crippen molar-refractivity contribution in [1.82, 2.24) is 4.90 Å². The van der Waals surface area contributed by atoms with Crippen molar-refractivity contribution >= 4 is 17.3 Å². The Kier molecular flexibility index (Phi) is 7.93. The van der Waals surface area contributed by atoms with Gasteiger partial charge in [-0.25, -0.2) is 0 Å². The van der Waals surface area contributed by atoms with Crippen LogP contribution in [0.1, 0.15) is 53.5 Å². The van der Waals surface area contributed by atoms with E-state index in [4.69, 9.17) is 16.4 Å². The molecule has 1 aromatic rings. The maximum absolute atomic E-state index is 6.02. The molecule has 0 saturated heterocycles. The predicted molar refractivity (Wildman–Crippen MR) is 117 cm³/mol. The van der Waals surface area contributed by atoms with Gasteiger partial charge in [0.05, 0.1) is 5.71 Å². The van der Waals surface area contributed by atoms with Crippen LogP contribution in [0.4, 0.5) is 0 Å². The van der Waals surface area contributed by atoms with E-state index in [1.165, 1.54) is 5.56 Å². The largest absolute Gasteiger partial charge is 0.394 e. The molecule has 0 bridgehead atoms. The van der Waals surface area contributed by atoms with Gasteiger partial charge in [0, 0.05) is 23.7 Å². The third kappa shape index (κ3) is 6.65. The number of oxime groups is 1. The molecule has 0 heterocycles. The van der Waals surface area contributed by atoms with Gasteiger partial charge in [-0.3, -0.25) is 4.90 Å². The fourth-order valence-corrected chi connectivity index (χ4v) is 3.85. The maximum Gasteiger partial charge on any atom is 0.129 e. The summed E-state index contributed by atoms with van der Waals surface area (Å²) in [6.45, 7) is 15.0. The Morgan fingerprint density at radius 2 is 1.78 bits per heavy atom. The van der Waals surface area contributed by atoms with Crippen LogP contribution < -0.4 is 0 Å². The molecule has 0 amide bonds. The molecule has 0 aliphatic heterocycles. The molecule has 27 heavy (non-hydrogen) atoms. The summed E-state index contributed by atoms with van der Waals surface area (Å²) in [7, 11) is 0. The van der Waals surface area contributed by atoms with E-state index < -0.39 is 0 Å². The fourth-order valence-electron chi connectivity index (χ4n) is 3.73. The smallest absolute Gasteiger partial charge is 0.129 e. The minimum Gasteiger partial charge on any atom is -0.394 e. The Morgan fingerprint density at radius 3 is 2.37 bits per heavy atom. The van der Waals surface area contributed by atoms with E-state index in [0.717, 1.165) is 30.1 Å². The zero-order valence-corrected chi connectivity index (χ0v) is 18.5. The minimum atomic E-state index is 0.144. The molecule has 0 radical (unpaired) electrons. The van der Waals surface area contributed by atoms with Crippen LogP contribution in [-0.2, 0) is 11.3 Å². The Labute approximate surface area is 170 Å². The van der Waals surface area contributed by atoms with Crippen molar-refractivity contribution < 1.29 is 4.84 Å². The second kappa shape index (κ2) is 9.75. The molecule has 1 aromatic carbocycles. The van der Waals surface area contributed by atoms with E-state index in [1.54, 1.807) is 0 Å². The van der Waals surface area contributed by atoms with E-state index in [9.17, 15) is 0 Å². The zero-order chi connectivity index (χ0) is 20.0. The Morgan fingerprint density at radius 1 is 1.15 bits per heavy atom. The van der Waals surface area contributed by atoms with Gasteiger partial charge in [0.25, 0.3) is 0 Å². The van der Waals surface area contributed by atoms with Gasteiger partial charge in [-0.15, -0.1) is 0 Å². The summed E-state index contributed by atoms with van der Waals surface area (Å²) < 4.78 is 0. The number of benzene rings is 1. The van der Waals surface area contributed by atoms with Crippen molar-refractivity contribution in [3.63, 3.8) is 0 Å². The summed E-state index contributed by atoms with van der Waals surface area (Å²) in [6, 6.07) is 9.21. The molecule has 150 valence electrons. The first kappa shape index (κ1) is 22.0. The standard InChI is InChI=1S/C23H35ClN2O/c1-17(2)26(18(3)4)13-14-27-25-22-11-12-23(5,6)20(16-22)15-19-7-9-21(24)10-8-19/h7-12,17-18,20H,13-16H2,1-6H3/b25-22+. The van der Waals surface area contributed by atoms with E-state index >= 15 is 0 Å². The molecule has 0 saturated carbocycles. The van der Waals surface area contributed by atoms with Crippen LogP contribution in [0.5, 0.6) is 0 Å². The minimum absolute atomic E-state index is 0.144. The molecular formula is C23H35ClN2O. The molecule has 0 spiro atoms. The molecule has 3 nitrogen and oxygen atoms in total. The number of halogens is 1. The van der Waals surface area contributed by atoms with Crippen LogP contribution in [0.25, 0.3) is 0 Å². The third-order valence-electron chi connectivity index (χ3n) is 5.56. The highest BCUT2D eigenvalue weighted by molar-refractivity contribution is 6.30. The van der Waals surface area contributed by atoms with Crippen molar-refractivity contribution in [2.24, 2.45) is 16.5 Å². The highest BCUT2D eigenvalue weighted by atomic mass is 35.5. The van der Waals surface area contributed by atoms with E-state index in [0.29, 0.717) is 24.6 Å². The SMILES string of the molecule is CC(C)N(CCO/N=C1\C=CC(C)(C)C(Cc2ccc(Cl)cc2)C1)C(C)C. The second-order valence-corrected chi connectivity index (χ2v) is 9.16. The van der Waals surface area contributed by atoms with Gasteiger partial charge in [0.1, 0.15) is 6.61 Å². The molecule has 1 atom stereocenters. The van der Waals surface area contributed by atoms with Crippen molar-refractivity contribution in [3.05, 3.63) is 47.0 Å². The molecule has 1 unspecified atom stereocenters. The molecule has 1 aliphatic rings. The van der Waals surface area contributed by atoms with E-state index in [1.807, 2.05) is 12.1 Å². The summed E-state index contributed by atoms with van der Waals surface area (Å²) >= 11 is 6.02. The Hall–Kier alpha value is -1.32. The first-order chi connectivity index (χ1) is 12.7. The summed E-state index contributed by atoms with van der Waals surface area (Å²) in [5, 5.41) is 5.21. The average Bonchev–Trinajstić information content (AvgIpc) is 2.58. The van der Waals surface area contributed by atoms with E-state index in [2.05, 4.69) is 75.9 Å². The molecular weight excluding hydrogens is 356 g/mol. The molecule has 0 aromatic heterocycles. The lowest BCUT2D eigenvalue weighted by atomic mass is 9.70. The Balaban J connectivity index is 1.94. The summed E-state index contributed by atoms with van der Waals surface area (Å²) in [6.07, 6.45) is 6.35. The van der Waals surface area contributed by atoms with Crippen molar-refractivity contribution in [3.8, 4) is 0 Å². The summed E-state index contributed by atoms with van der Waals surface area (Å²) in [5.74, 6) is 0.494. The quantitative estimate of drug-likeness (QED) is 0.403. The lowest BCUT2D eigenvalue weighted by Crippen LogP contribution is -2.39. The third-order valence-corrected chi connectivity index (χ3v) is 5.81. The first-order valence-corrected chi connectivity index (χ1v) is 10.4. The predicted octanol–water partition coefficient (Wildman–Crippen LogP) is 5.98. The topological polar surface area (TPSA) is 24.8 Å². The van der Waals surface area contributed by atoms with Crippen LogP contribution in [0, 0.1) is 11.3 Å². The Bertz CT molecular complexity index is 639. The van der Waals surface area contributed by atoms with Gasteiger partial charge < -0.3 is 4.84 Å². The monoisotopic (exact) mass is 390 g/mol. The fraction of sp³-hybridized carbons (Fsp3) is 0.609. The van der Waals surface area contributed by atoms with Crippen LogP contribution in [-0.4, -0.2) is 35.8 Å². The van der Waals surface area contributed by atoms with Gasteiger partial charge in [-0.05, 0) is 75.6 Å². The molecule has 0 fully saturated rings. The highest BCUT2D eigenvalue weighted by Crippen LogP contribution is 2.37. The second-order valence-electron chi connectivity index (χ2n) is 8.73. The van der Waals surface area contributed by atoms with Crippen molar-refractivity contribution in [2.45, 2.75) is 66.5 Å². The average molecular weight is 391 g/mol.